The molecular formula is C20H23N7O4S. The van der Waals surface area contributed by atoms with Gasteiger partial charge in [-0.25, -0.2) is 10.1 Å². The van der Waals surface area contributed by atoms with Crippen LogP contribution < -0.4 is 30.8 Å². The lowest BCUT2D eigenvalue weighted by atomic mass is 10.2. The van der Waals surface area contributed by atoms with Gasteiger partial charge in [-0.3, -0.25) is 4.79 Å². The van der Waals surface area contributed by atoms with Crippen molar-refractivity contribution in [2.24, 2.45) is 5.10 Å². The second-order valence-corrected chi connectivity index (χ2v) is 7.17. The number of rotatable bonds is 10. The second-order valence-electron chi connectivity index (χ2n) is 6.23. The number of nitrogens with two attached hydrogens (primary N) is 1. The highest BCUT2D eigenvalue weighted by atomic mass is 32.2. The molecule has 0 aliphatic rings. The van der Waals surface area contributed by atoms with E-state index in [9.17, 15) is 4.79 Å². The number of hydrazone groups is 1. The highest BCUT2D eigenvalue weighted by Gasteiger charge is 2.14. The number of anilines is 2. The fraction of sp³-hybridized carbons (Fsp3) is 0.200. The van der Waals surface area contributed by atoms with Crippen molar-refractivity contribution in [2.45, 2.75) is 5.16 Å². The van der Waals surface area contributed by atoms with E-state index in [1.54, 1.807) is 38.6 Å². The lowest BCUT2D eigenvalue weighted by Gasteiger charge is -2.11. The maximum Gasteiger partial charge on any atom is 0.264 e. The van der Waals surface area contributed by atoms with E-state index in [4.69, 9.17) is 20.1 Å². The summed E-state index contributed by atoms with van der Waals surface area (Å²) in [7, 11) is 4.67. The Bertz CT molecular complexity index is 1100. The van der Waals surface area contributed by atoms with E-state index in [-0.39, 0.29) is 17.6 Å². The molecule has 4 N–H and O–H groups in total. The lowest BCUT2D eigenvalue weighted by Crippen LogP contribution is -2.17. The quantitative estimate of drug-likeness (QED) is 0.181. The van der Waals surface area contributed by atoms with Crippen LogP contribution in [-0.2, 0) is 4.79 Å². The van der Waals surface area contributed by atoms with Crippen molar-refractivity contribution < 1.29 is 19.0 Å². The fourth-order valence-electron chi connectivity index (χ4n) is 2.56. The number of nitrogens with one attached hydrogen (secondary N) is 2. The first-order valence-electron chi connectivity index (χ1n) is 9.32. The van der Waals surface area contributed by atoms with E-state index in [2.05, 4.69) is 26.0 Å². The normalized spacial score (nSPS) is 10.7. The van der Waals surface area contributed by atoms with Gasteiger partial charge in [0.15, 0.2) is 0 Å². The second kappa shape index (κ2) is 10.9. The molecule has 1 amide bonds. The SMILES string of the molecule is COc1cccc(/C=N/Nc2nnc(SCC(=O)Nc3ccc(OC)cc3OC)n2N)c1. The zero-order chi connectivity index (χ0) is 22.9. The van der Waals surface area contributed by atoms with Gasteiger partial charge in [0.05, 0.1) is 39.0 Å². The van der Waals surface area contributed by atoms with Crippen LogP contribution in [0.25, 0.3) is 0 Å². The smallest absolute Gasteiger partial charge is 0.264 e. The zero-order valence-electron chi connectivity index (χ0n) is 17.7. The first-order chi connectivity index (χ1) is 15.5. The minimum absolute atomic E-state index is 0.0671. The van der Waals surface area contributed by atoms with Gasteiger partial charge in [0.25, 0.3) is 5.95 Å². The van der Waals surface area contributed by atoms with Gasteiger partial charge >= 0.3 is 0 Å². The van der Waals surface area contributed by atoms with Gasteiger partial charge in [-0.1, -0.05) is 23.9 Å². The largest absolute Gasteiger partial charge is 0.497 e. The van der Waals surface area contributed by atoms with Crippen molar-refractivity contribution in [3.8, 4) is 17.2 Å². The number of nitrogen functional groups attached to an aromatic ring is 1. The number of nitrogens with zero attached hydrogens (tertiary/aromatic N) is 4. The molecule has 0 radical (unpaired) electrons. The average Bonchev–Trinajstić information content (AvgIpc) is 3.17. The number of benzene rings is 2. The van der Waals surface area contributed by atoms with Gasteiger partial charge in [-0.15, -0.1) is 10.2 Å². The minimum atomic E-state index is -0.257. The number of hydrogen-bond donors (Lipinski definition) is 3. The van der Waals surface area contributed by atoms with Crippen LogP contribution in [0, 0.1) is 0 Å². The highest BCUT2D eigenvalue weighted by molar-refractivity contribution is 7.99. The topological polar surface area (TPSA) is 138 Å². The van der Waals surface area contributed by atoms with Crippen LogP contribution in [0.2, 0.25) is 0 Å². The molecule has 3 aromatic rings. The molecule has 1 heterocycles. The fourth-order valence-corrected chi connectivity index (χ4v) is 3.21. The highest BCUT2D eigenvalue weighted by Crippen LogP contribution is 2.29. The van der Waals surface area contributed by atoms with E-state index in [0.29, 0.717) is 22.3 Å². The molecule has 2 aromatic carbocycles. The number of ether oxygens (including phenoxy) is 3. The molecule has 1 aromatic heterocycles. The lowest BCUT2D eigenvalue weighted by molar-refractivity contribution is -0.113. The van der Waals surface area contributed by atoms with Crippen LogP contribution in [0.5, 0.6) is 17.2 Å². The Balaban J connectivity index is 1.55. The molecule has 3 rings (SSSR count). The van der Waals surface area contributed by atoms with Crippen molar-refractivity contribution in [1.29, 1.82) is 0 Å². The molecule has 0 saturated heterocycles. The third-order valence-electron chi connectivity index (χ3n) is 4.15. The molecule has 11 nitrogen and oxygen atoms in total. The number of aromatic nitrogens is 3. The number of hydrogen-bond acceptors (Lipinski definition) is 10. The van der Waals surface area contributed by atoms with Gasteiger partial charge in [0.2, 0.25) is 11.1 Å². The summed E-state index contributed by atoms with van der Waals surface area (Å²) in [4.78, 5) is 12.3. The van der Waals surface area contributed by atoms with Crippen molar-refractivity contribution in [3.05, 3.63) is 48.0 Å². The van der Waals surface area contributed by atoms with Crippen LogP contribution in [0.1, 0.15) is 5.56 Å². The Morgan fingerprint density at radius 2 is 1.91 bits per heavy atom. The number of carbonyl (C=O) groups is 1. The molecule has 32 heavy (non-hydrogen) atoms. The van der Waals surface area contributed by atoms with Crippen molar-refractivity contribution >= 4 is 35.5 Å². The molecule has 168 valence electrons. The Labute approximate surface area is 188 Å². The summed E-state index contributed by atoms with van der Waals surface area (Å²) in [6, 6.07) is 12.5. The molecule has 0 saturated carbocycles. The van der Waals surface area contributed by atoms with Crippen molar-refractivity contribution in [2.75, 3.05) is 43.7 Å². The summed E-state index contributed by atoms with van der Waals surface area (Å²) >= 11 is 1.13. The van der Waals surface area contributed by atoms with E-state index in [1.807, 2.05) is 24.3 Å². The summed E-state index contributed by atoms with van der Waals surface area (Å²) in [5.74, 6) is 7.87. The first kappa shape index (κ1) is 22.7. The summed E-state index contributed by atoms with van der Waals surface area (Å²) < 4.78 is 16.8. The zero-order valence-corrected chi connectivity index (χ0v) is 18.5. The number of methoxy groups -OCH3 is 3. The molecule has 0 fully saturated rings. The molecule has 0 spiro atoms. The van der Waals surface area contributed by atoms with Gasteiger partial charge in [-0.2, -0.15) is 5.10 Å². The van der Waals surface area contributed by atoms with Gasteiger partial charge in [-0.05, 0) is 29.8 Å². The van der Waals surface area contributed by atoms with Crippen molar-refractivity contribution in [3.63, 3.8) is 0 Å². The molecule has 12 heteroatoms. The predicted octanol–water partition coefficient (Wildman–Crippen LogP) is 2.19. The third kappa shape index (κ3) is 5.82. The van der Waals surface area contributed by atoms with E-state index >= 15 is 0 Å². The van der Waals surface area contributed by atoms with Crippen LogP contribution >= 0.6 is 11.8 Å². The first-order valence-corrected chi connectivity index (χ1v) is 10.3. The molecule has 0 bridgehead atoms. The van der Waals surface area contributed by atoms with Gasteiger partial charge < -0.3 is 25.4 Å². The predicted molar refractivity (Wildman–Crippen MR) is 123 cm³/mol. The van der Waals surface area contributed by atoms with E-state index < -0.39 is 0 Å². The summed E-state index contributed by atoms with van der Waals surface area (Å²) in [6.07, 6.45) is 1.60. The summed E-state index contributed by atoms with van der Waals surface area (Å²) in [5, 5.41) is 15.1. The van der Waals surface area contributed by atoms with Crippen LogP contribution in [0.3, 0.4) is 0 Å². The van der Waals surface area contributed by atoms with E-state index in [0.717, 1.165) is 23.1 Å². The summed E-state index contributed by atoms with van der Waals surface area (Å²) in [6.45, 7) is 0. The standard InChI is InChI=1S/C20H23N7O4S/c1-29-14-6-4-5-13(9-14)11-22-24-19-25-26-20(27(19)21)32-12-18(28)23-16-8-7-15(30-2)10-17(16)31-3/h4-11H,12,21H2,1-3H3,(H,23,28)(H,24,25)/b22-11+. The maximum absolute atomic E-state index is 12.3. The molecule has 0 unspecified atom stereocenters. The maximum atomic E-state index is 12.3. The number of amides is 1. The van der Waals surface area contributed by atoms with Crippen LogP contribution in [0.4, 0.5) is 11.6 Å². The van der Waals surface area contributed by atoms with Crippen LogP contribution in [-0.4, -0.2) is 54.1 Å². The molecule has 0 atom stereocenters. The number of carbonyl (C=O) groups excluding carboxylic acids is 1. The number of thioether (sulfide) groups is 1. The minimum Gasteiger partial charge on any atom is -0.497 e. The molecule has 0 aliphatic heterocycles. The molecule has 0 aliphatic carbocycles. The third-order valence-corrected chi connectivity index (χ3v) is 5.09. The van der Waals surface area contributed by atoms with E-state index in [1.165, 1.54) is 11.8 Å². The summed E-state index contributed by atoms with van der Waals surface area (Å²) in [5.41, 5.74) is 4.09. The van der Waals surface area contributed by atoms with Crippen LogP contribution in [0.15, 0.2) is 52.7 Å². The monoisotopic (exact) mass is 457 g/mol. The Morgan fingerprint density at radius 3 is 2.66 bits per heavy atom. The molecular weight excluding hydrogens is 434 g/mol. The Kier molecular flexibility index (Phi) is 7.75. The Hall–Kier alpha value is -3.93. The van der Waals surface area contributed by atoms with Gasteiger partial charge in [0, 0.05) is 6.07 Å². The van der Waals surface area contributed by atoms with Gasteiger partial charge in [0.1, 0.15) is 17.2 Å². The average molecular weight is 458 g/mol. The Morgan fingerprint density at radius 1 is 1.12 bits per heavy atom. The van der Waals surface area contributed by atoms with Crippen molar-refractivity contribution in [1.82, 2.24) is 14.9 Å².